The number of hydrogen-bond donors (Lipinski definition) is 0. The van der Waals surface area contributed by atoms with Gasteiger partial charge in [-0.2, -0.15) is 11.8 Å². The standard InChI is InChI=1S/C24H35NOS/c1-2-25(24(26)23-15-22(23)19-12-8-5-9-13-19)16-21-14-20(17-27-21)18-10-6-3-4-7-11-18/h5,8-9,12-13,18,20-23H,2-4,6-7,10-11,14-17H2,1H3/t20?,21?,22-,23+/m1/s1. The minimum absolute atomic E-state index is 0.233. The molecule has 3 fully saturated rings. The van der Waals surface area contributed by atoms with Crippen LogP contribution >= 0.6 is 11.8 Å². The fraction of sp³-hybridized carbons (Fsp3) is 0.708. The Balaban J connectivity index is 1.28. The monoisotopic (exact) mass is 385 g/mol. The van der Waals surface area contributed by atoms with E-state index in [1.807, 2.05) is 0 Å². The third kappa shape index (κ3) is 4.72. The van der Waals surface area contributed by atoms with Crippen LogP contribution < -0.4 is 0 Å². The van der Waals surface area contributed by atoms with Crippen molar-refractivity contribution >= 4 is 17.7 Å². The molecule has 0 aromatic heterocycles. The van der Waals surface area contributed by atoms with E-state index in [-0.39, 0.29) is 5.92 Å². The molecule has 1 saturated heterocycles. The Morgan fingerprint density at radius 3 is 2.48 bits per heavy atom. The lowest BCUT2D eigenvalue weighted by Crippen LogP contribution is -2.37. The highest BCUT2D eigenvalue weighted by molar-refractivity contribution is 8.00. The predicted molar refractivity (Wildman–Crippen MR) is 115 cm³/mol. The summed E-state index contributed by atoms with van der Waals surface area (Å²) < 4.78 is 0. The van der Waals surface area contributed by atoms with Crippen LogP contribution in [0.15, 0.2) is 30.3 Å². The van der Waals surface area contributed by atoms with Crippen molar-refractivity contribution in [3.63, 3.8) is 0 Å². The van der Waals surface area contributed by atoms with E-state index >= 15 is 0 Å². The fourth-order valence-electron chi connectivity index (χ4n) is 5.36. The van der Waals surface area contributed by atoms with Crippen LogP contribution in [0, 0.1) is 17.8 Å². The number of benzene rings is 1. The predicted octanol–water partition coefficient (Wildman–Crippen LogP) is 5.73. The lowest BCUT2D eigenvalue weighted by atomic mass is 9.84. The second-order valence-electron chi connectivity index (χ2n) is 8.94. The molecule has 3 heteroatoms. The van der Waals surface area contributed by atoms with Crippen LogP contribution in [0.5, 0.6) is 0 Å². The normalized spacial score (nSPS) is 31.4. The van der Waals surface area contributed by atoms with Crippen LogP contribution in [0.3, 0.4) is 0 Å². The second kappa shape index (κ2) is 9.03. The van der Waals surface area contributed by atoms with E-state index in [0.717, 1.165) is 31.3 Å². The van der Waals surface area contributed by atoms with Gasteiger partial charge in [0.1, 0.15) is 0 Å². The number of carbonyl (C=O) groups excluding carboxylic acids is 1. The maximum Gasteiger partial charge on any atom is 0.226 e. The number of thioether (sulfide) groups is 1. The van der Waals surface area contributed by atoms with E-state index in [2.05, 4.69) is 53.9 Å². The number of rotatable bonds is 6. The van der Waals surface area contributed by atoms with Gasteiger partial charge >= 0.3 is 0 Å². The van der Waals surface area contributed by atoms with E-state index in [1.54, 1.807) is 0 Å². The molecule has 27 heavy (non-hydrogen) atoms. The molecule has 4 rings (SSSR count). The molecule has 3 aliphatic rings. The summed E-state index contributed by atoms with van der Waals surface area (Å²) in [6.45, 7) is 3.99. The van der Waals surface area contributed by atoms with Crippen molar-refractivity contribution in [2.24, 2.45) is 17.8 Å². The number of hydrogen-bond acceptors (Lipinski definition) is 2. The maximum atomic E-state index is 13.1. The van der Waals surface area contributed by atoms with Crippen LogP contribution in [-0.2, 0) is 4.79 Å². The Morgan fingerprint density at radius 2 is 1.78 bits per heavy atom. The van der Waals surface area contributed by atoms with Gasteiger partial charge in [-0.1, -0.05) is 68.9 Å². The van der Waals surface area contributed by atoms with E-state index in [1.165, 1.54) is 56.3 Å². The zero-order valence-corrected chi connectivity index (χ0v) is 17.6. The molecule has 148 valence electrons. The summed E-state index contributed by atoms with van der Waals surface area (Å²) in [6, 6.07) is 10.6. The summed E-state index contributed by atoms with van der Waals surface area (Å²) in [5.74, 6) is 4.30. The van der Waals surface area contributed by atoms with E-state index in [9.17, 15) is 4.79 Å². The molecule has 2 nitrogen and oxygen atoms in total. The molecule has 0 radical (unpaired) electrons. The first-order chi connectivity index (χ1) is 13.3. The van der Waals surface area contributed by atoms with Gasteiger partial charge in [0.25, 0.3) is 0 Å². The van der Waals surface area contributed by atoms with Crippen LogP contribution in [0.1, 0.15) is 69.8 Å². The van der Waals surface area contributed by atoms with Gasteiger partial charge < -0.3 is 4.90 Å². The summed E-state index contributed by atoms with van der Waals surface area (Å²) in [5.41, 5.74) is 1.34. The first kappa shape index (κ1) is 19.4. The number of amides is 1. The van der Waals surface area contributed by atoms with Crippen molar-refractivity contribution in [3.05, 3.63) is 35.9 Å². The summed E-state index contributed by atoms with van der Waals surface area (Å²) in [5, 5.41) is 0.663. The molecule has 2 aliphatic carbocycles. The molecule has 0 spiro atoms. The van der Waals surface area contributed by atoms with Gasteiger partial charge in [-0.15, -0.1) is 0 Å². The first-order valence-electron chi connectivity index (χ1n) is 11.2. The molecular formula is C24H35NOS. The summed E-state index contributed by atoms with van der Waals surface area (Å²) in [4.78, 5) is 15.2. The molecule has 2 unspecified atom stereocenters. The van der Waals surface area contributed by atoms with Crippen LogP contribution in [0.2, 0.25) is 0 Å². The zero-order valence-electron chi connectivity index (χ0n) is 16.8. The quantitative estimate of drug-likeness (QED) is 0.583. The SMILES string of the molecule is CCN(CC1CC(C2CCCCCC2)CS1)C(=O)[C@H]1C[C@@H]1c1ccccc1. The van der Waals surface area contributed by atoms with Gasteiger partial charge in [0, 0.05) is 24.3 Å². The summed E-state index contributed by atoms with van der Waals surface area (Å²) in [7, 11) is 0. The van der Waals surface area contributed by atoms with Crippen molar-refractivity contribution in [1.29, 1.82) is 0 Å². The maximum absolute atomic E-state index is 13.1. The average Bonchev–Trinajstić information content (AvgIpc) is 3.45. The fourth-order valence-corrected chi connectivity index (χ4v) is 6.96. The molecule has 2 saturated carbocycles. The van der Waals surface area contributed by atoms with Crippen LogP contribution in [-0.4, -0.2) is 34.9 Å². The Morgan fingerprint density at radius 1 is 1.04 bits per heavy atom. The van der Waals surface area contributed by atoms with Crippen molar-refractivity contribution in [2.75, 3.05) is 18.8 Å². The van der Waals surface area contributed by atoms with Crippen molar-refractivity contribution in [2.45, 2.75) is 69.5 Å². The van der Waals surface area contributed by atoms with E-state index in [4.69, 9.17) is 0 Å². The van der Waals surface area contributed by atoms with Crippen molar-refractivity contribution in [1.82, 2.24) is 4.90 Å². The van der Waals surface area contributed by atoms with E-state index in [0.29, 0.717) is 17.1 Å². The average molecular weight is 386 g/mol. The number of nitrogens with zero attached hydrogens (tertiary/aromatic N) is 1. The molecule has 0 N–H and O–H groups in total. The first-order valence-corrected chi connectivity index (χ1v) is 12.3. The Bertz CT molecular complexity index is 610. The van der Waals surface area contributed by atoms with E-state index < -0.39 is 0 Å². The topological polar surface area (TPSA) is 20.3 Å². The molecule has 1 aromatic rings. The lowest BCUT2D eigenvalue weighted by Gasteiger charge is -2.25. The zero-order chi connectivity index (χ0) is 18.6. The van der Waals surface area contributed by atoms with Crippen molar-refractivity contribution in [3.8, 4) is 0 Å². The van der Waals surface area contributed by atoms with Gasteiger partial charge in [-0.25, -0.2) is 0 Å². The minimum Gasteiger partial charge on any atom is -0.342 e. The molecule has 1 aromatic carbocycles. The van der Waals surface area contributed by atoms with Gasteiger partial charge in [-0.3, -0.25) is 4.79 Å². The molecular weight excluding hydrogens is 350 g/mol. The van der Waals surface area contributed by atoms with Gasteiger partial charge in [0.2, 0.25) is 5.91 Å². The Labute approximate surface area is 169 Å². The highest BCUT2D eigenvalue weighted by atomic mass is 32.2. The highest BCUT2D eigenvalue weighted by Crippen LogP contribution is 2.49. The molecule has 1 aliphatic heterocycles. The molecule has 1 amide bonds. The smallest absolute Gasteiger partial charge is 0.226 e. The summed E-state index contributed by atoms with van der Waals surface area (Å²) >= 11 is 2.15. The van der Waals surface area contributed by atoms with Crippen molar-refractivity contribution < 1.29 is 4.79 Å². The third-order valence-corrected chi connectivity index (χ3v) is 8.56. The van der Waals surface area contributed by atoms with Gasteiger partial charge in [0.15, 0.2) is 0 Å². The van der Waals surface area contributed by atoms with Crippen LogP contribution in [0.4, 0.5) is 0 Å². The highest BCUT2D eigenvalue weighted by Gasteiger charge is 2.46. The number of carbonyl (C=O) groups is 1. The Kier molecular flexibility index (Phi) is 6.47. The van der Waals surface area contributed by atoms with Gasteiger partial charge in [-0.05, 0) is 48.8 Å². The lowest BCUT2D eigenvalue weighted by molar-refractivity contribution is -0.132. The second-order valence-corrected chi connectivity index (χ2v) is 10.3. The van der Waals surface area contributed by atoms with Crippen LogP contribution in [0.25, 0.3) is 0 Å². The largest absolute Gasteiger partial charge is 0.342 e. The molecule has 0 bridgehead atoms. The Hall–Kier alpha value is -0.960. The molecule has 1 heterocycles. The van der Waals surface area contributed by atoms with Gasteiger partial charge in [0.05, 0.1) is 0 Å². The third-order valence-electron chi connectivity index (χ3n) is 7.13. The molecule has 4 atom stereocenters. The minimum atomic E-state index is 0.233. The summed E-state index contributed by atoms with van der Waals surface area (Å²) in [6.07, 6.45) is 11.1.